The second-order valence-electron chi connectivity index (χ2n) is 8.93. The van der Waals surface area contributed by atoms with Crippen molar-refractivity contribution in [3.05, 3.63) is 53.3 Å². The Labute approximate surface area is 203 Å². The number of methoxy groups -OCH3 is 1. The van der Waals surface area contributed by atoms with E-state index in [1.54, 1.807) is 18.0 Å². The number of hydrogen-bond acceptors (Lipinski definition) is 8. The molecule has 35 heavy (non-hydrogen) atoms. The number of aryl methyl sites for hydroxylation is 1. The highest BCUT2D eigenvalue weighted by Gasteiger charge is 2.26. The Hall–Kier alpha value is -3.66. The zero-order valence-electron chi connectivity index (χ0n) is 20.0. The van der Waals surface area contributed by atoms with E-state index in [0.29, 0.717) is 36.1 Å². The van der Waals surface area contributed by atoms with E-state index in [0.717, 1.165) is 37.0 Å². The topological polar surface area (TPSA) is 132 Å². The third-order valence-corrected chi connectivity index (χ3v) is 6.36. The van der Waals surface area contributed by atoms with Gasteiger partial charge in [-0.05, 0) is 73.6 Å². The van der Waals surface area contributed by atoms with Crippen LogP contribution in [0.4, 0.5) is 0 Å². The van der Waals surface area contributed by atoms with E-state index in [2.05, 4.69) is 25.7 Å². The number of carbonyl (C=O) groups is 2. The Bertz CT molecular complexity index is 1190. The Morgan fingerprint density at radius 3 is 2.71 bits per heavy atom. The normalized spacial score (nSPS) is 17.7. The number of aromatic nitrogens is 5. The molecule has 2 N–H and O–H groups in total. The first-order chi connectivity index (χ1) is 16.9. The van der Waals surface area contributed by atoms with Crippen molar-refractivity contribution in [3.63, 3.8) is 0 Å². The number of nitrogens with one attached hydrogen (secondary N) is 1. The van der Waals surface area contributed by atoms with E-state index in [4.69, 9.17) is 9.84 Å². The number of hydrogen-bond donors (Lipinski definition) is 2. The summed E-state index contributed by atoms with van der Waals surface area (Å²) in [5, 5.41) is 24.8. The number of ether oxygens (including phenoxy) is 1. The molecule has 0 radical (unpaired) electrons. The van der Waals surface area contributed by atoms with Crippen molar-refractivity contribution in [1.82, 2.24) is 30.5 Å². The van der Waals surface area contributed by atoms with Crippen LogP contribution in [0.15, 0.2) is 36.4 Å². The predicted octanol–water partition coefficient (Wildman–Crippen LogP) is 2.35. The summed E-state index contributed by atoms with van der Waals surface area (Å²) >= 11 is 0. The highest BCUT2D eigenvalue weighted by Crippen LogP contribution is 2.30. The molecule has 1 aliphatic rings. The lowest BCUT2D eigenvalue weighted by atomic mass is 9.80. The molecule has 1 aliphatic carbocycles. The molecule has 3 aromatic rings. The minimum atomic E-state index is -0.379. The lowest BCUT2D eigenvalue weighted by Crippen LogP contribution is -2.26. The molecule has 10 nitrogen and oxygen atoms in total. The van der Waals surface area contributed by atoms with Gasteiger partial charge in [-0.3, -0.25) is 9.59 Å². The number of pyridine rings is 1. The molecule has 4 rings (SSSR count). The van der Waals surface area contributed by atoms with E-state index in [-0.39, 0.29) is 29.9 Å². The molecule has 1 aromatic carbocycles. The smallest absolute Gasteiger partial charge is 0.270 e. The lowest BCUT2D eigenvalue weighted by Gasteiger charge is -2.26. The van der Waals surface area contributed by atoms with Gasteiger partial charge in [0, 0.05) is 23.7 Å². The van der Waals surface area contributed by atoms with Crippen LogP contribution in [0.3, 0.4) is 0 Å². The molecule has 1 fully saturated rings. The number of amides is 1. The van der Waals surface area contributed by atoms with Crippen molar-refractivity contribution in [2.45, 2.75) is 45.7 Å². The predicted molar refractivity (Wildman–Crippen MR) is 127 cm³/mol. The molecule has 184 valence electrons. The number of aliphatic hydroxyl groups excluding tert-OH is 1. The van der Waals surface area contributed by atoms with Crippen molar-refractivity contribution in [2.75, 3.05) is 13.7 Å². The quantitative estimate of drug-likeness (QED) is 0.479. The zero-order valence-corrected chi connectivity index (χ0v) is 20.0. The van der Waals surface area contributed by atoms with Gasteiger partial charge < -0.3 is 15.2 Å². The fraction of sp³-hybridized carbons (Fsp3) is 0.440. The molecule has 0 unspecified atom stereocenters. The molecule has 0 bridgehead atoms. The third-order valence-electron chi connectivity index (χ3n) is 6.36. The largest absolute Gasteiger partial charge is 0.497 e. The first kappa shape index (κ1) is 24.5. The van der Waals surface area contributed by atoms with E-state index in [1.807, 2.05) is 37.3 Å². The molecule has 0 atom stereocenters. The molecule has 2 heterocycles. The van der Waals surface area contributed by atoms with Gasteiger partial charge >= 0.3 is 0 Å². The summed E-state index contributed by atoms with van der Waals surface area (Å²) in [5.41, 5.74) is 2.56. The van der Waals surface area contributed by atoms with E-state index in [1.165, 1.54) is 0 Å². The average Bonchev–Trinajstić information content (AvgIpc) is 3.35. The van der Waals surface area contributed by atoms with E-state index >= 15 is 0 Å². The van der Waals surface area contributed by atoms with Crippen molar-refractivity contribution in [1.29, 1.82) is 0 Å². The maximum absolute atomic E-state index is 12.8. The summed E-state index contributed by atoms with van der Waals surface area (Å²) in [6.07, 6.45) is 3.34. The van der Waals surface area contributed by atoms with E-state index < -0.39 is 0 Å². The number of nitrogens with zero attached hydrogens (tertiary/aromatic N) is 5. The number of rotatable bonds is 9. The molecular weight excluding hydrogens is 448 g/mol. The monoisotopic (exact) mass is 478 g/mol. The molecule has 1 saturated carbocycles. The Balaban J connectivity index is 1.39. The summed E-state index contributed by atoms with van der Waals surface area (Å²) in [6, 6.07) is 11.0. The maximum atomic E-state index is 12.8. The Kier molecular flexibility index (Phi) is 7.81. The van der Waals surface area contributed by atoms with Gasteiger partial charge in [0.15, 0.2) is 5.78 Å². The maximum Gasteiger partial charge on any atom is 0.270 e. The Morgan fingerprint density at radius 2 is 1.97 bits per heavy atom. The van der Waals surface area contributed by atoms with Gasteiger partial charge in [-0.15, -0.1) is 10.2 Å². The van der Waals surface area contributed by atoms with Gasteiger partial charge in [0.1, 0.15) is 18.1 Å². The van der Waals surface area contributed by atoms with Crippen LogP contribution in [0.1, 0.15) is 47.4 Å². The fourth-order valence-electron chi connectivity index (χ4n) is 4.43. The highest BCUT2D eigenvalue weighted by molar-refractivity contribution is 5.93. The third kappa shape index (κ3) is 6.27. The van der Waals surface area contributed by atoms with Crippen LogP contribution in [0.5, 0.6) is 5.75 Å². The van der Waals surface area contributed by atoms with E-state index in [9.17, 15) is 9.59 Å². The second-order valence-corrected chi connectivity index (χ2v) is 8.93. The van der Waals surface area contributed by atoms with Gasteiger partial charge in [-0.1, -0.05) is 12.1 Å². The highest BCUT2D eigenvalue weighted by atomic mass is 16.5. The lowest BCUT2D eigenvalue weighted by molar-refractivity contribution is -0.126. The molecule has 2 aromatic heterocycles. The van der Waals surface area contributed by atoms with Crippen LogP contribution in [0.2, 0.25) is 0 Å². The van der Waals surface area contributed by atoms with Crippen molar-refractivity contribution in [3.8, 4) is 17.1 Å². The number of aliphatic hydroxyl groups is 1. The van der Waals surface area contributed by atoms with Crippen LogP contribution in [-0.4, -0.2) is 55.7 Å². The zero-order chi connectivity index (χ0) is 24.8. The molecule has 1 amide bonds. The molecule has 0 spiro atoms. The summed E-state index contributed by atoms with van der Waals surface area (Å²) in [4.78, 5) is 30.4. The van der Waals surface area contributed by atoms with Gasteiger partial charge in [0.05, 0.1) is 13.7 Å². The number of ketones is 1. The average molecular weight is 479 g/mol. The number of benzene rings is 1. The van der Waals surface area contributed by atoms with Crippen molar-refractivity contribution >= 4 is 11.7 Å². The van der Waals surface area contributed by atoms with Crippen LogP contribution >= 0.6 is 0 Å². The first-order valence-corrected chi connectivity index (χ1v) is 11.8. The Morgan fingerprint density at radius 1 is 1.17 bits per heavy atom. The fourth-order valence-corrected chi connectivity index (χ4v) is 4.43. The molecule has 0 aliphatic heterocycles. The van der Waals surface area contributed by atoms with Gasteiger partial charge in [0.25, 0.3) is 5.91 Å². The van der Waals surface area contributed by atoms with Crippen LogP contribution in [0.25, 0.3) is 11.4 Å². The number of tetrazole rings is 1. The van der Waals surface area contributed by atoms with Gasteiger partial charge in [-0.2, -0.15) is 4.80 Å². The summed E-state index contributed by atoms with van der Waals surface area (Å²) in [7, 11) is 1.60. The van der Waals surface area contributed by atoms with Gasteiger partial charge in [0.2, 0.25) is 5.82 Å². The summed E-state index contributed by atoms with van der Waals surface area (Å²) in [5.74, 6) is 1.12. The minimum Gasteiger partial charge on any atom is -0.497 e. The summed E-state index contributed by atoms with van der Waals surface area (Å²) < 4.78 is 5.23. The second kappa shape index (κ2) is 11.2. The minimum absolute atomic E-state index is 0.0382. The standard InChI is InChI=1S/C25H30N6O4/c1-16-10-20(12-22(27-16)25(34)26-13-18-4-3-5-21(11-18)35-2)24-28-30-31(29-24)14-17-6-8-19(9-7-17)23(33)15-32/h3-5,10-12,17,19,32H,6-9,13-15H2,1-2H3,(H,26,34). The van der Waals surface area contributed by atoms with Gasteiger partial charge in [-0.25, -0.2) is 4.98 Å². The van der Waals surface area contributed by atoms with Crippen LogP contribution in [-0.2, 0) is 17.9 Å². The molecule has 10 heteroatoms. The summed E-state index contributed by atoms with van der Waals surface area (Å²) in [6.45, 7) is 2.40. The van der Waals surface area contributed by atoms with Crippen molar-refractivity contribution < 1.29 is 19.4 Å². The molecular formula is C25H30N6O4. The van der Waals surface area contributed by atoms with Crippen LogP contribution < -0.4 is 10.1 Å². The van der Waals surface area contributed by atoms with Crippen LogP contribution in [0, 0.1) is 18.8 Å². The van der Waals surface area contributed by atoms with Crippen molar-refractivity contribution in [2.24, 2.45) is 11.8 Å². The first-order valence-electron chi connectivity index (χ1n) is 11.8. The number of Topliss-reactive ketones (excluding diaryl/α,β-unsaturated/α-hetero) is 1. The SMILES string of the molecule is COc1cccc(CNC(=O)c2cc(-c3nnn(CC4CCC(C(=O)CO)CC4)n3)cc(C)n2)c1. The number of carbonyl (C=O) groups excluding carboxylic acids is 2. The molecule has 0 saturated heterocycles.